The number of carbonyl (C=O) groups excluding carboxylic acids is 2. The number of anilines is 2. The zero-order valence-corrected chi connectivity index (χ0v) is 30.6. The van der Waals surface area contributed by atoms with Crippen LogP contribution in [0.4, 0.5) is 17.2 Å². The topological polar surface area (TPSA) is 188 Å². The summed E-state index contributed by atoms with van der Waals surface area (Å²) in [5.41, 5.74) is 2.31. The van der Waals surface area contributed by atoms with Crippen LogP contribution in [0.5, 0.6) is 5.75 Å². The van der Waals surface area contributed by atoms with Gasteiger partial charge < -0.3 is 20.2 Å². The molecule has 6 rings (SSSR count). The summed E-state index contributed by atoms with van der Waals surface area (Å²) in [5.74, 6) is 0.235. The minimum Gasteiger partial charge on any atom is -0.508 e. The van der Waals surface area contributed by atoms with Crippen LogP contribution < -0.4 is 14.9 Å². The summed E-state index contributed by atoms with van der Waals surface area (Å²) in [6, 6.07) is 30.8. The standard InChI is InChI=1S/C38H37N7O7S2/c46-29-9-6-8-28(25-29)32-12-5-4-7-27(32)13-18-37(47)44-22-20-43(21-23-44)36-17-16-34(40-41-36)38(48)42-54(51,52)31-14-15-33(35(26-31)45(49)50)39-19-24-53-30-10-2-1-3-11-30/h1-12,14-17,25-26,39,46H,13,18-24H2,(H,42,48). The minimum atomic E-state index is -4.49. The van der Waals surface area contributed by atoms with Crippen molar-refractivity contribution in [2.24, 2.45) is 0 Å². The number of phenolic OH excluding ortho intramolecular Hbond substituents is 1. The van der Waals surface area contributed by atoms with Crippen LogP contribution in [0.2, 0.25) is 0 Å². The molecule has 4 aromatic carbocycles. The number of rotatable bonds is 14. The van der Waals surface area contributed by atoms with Gasteiger partial charge in [0.25, 0.3) is 21.6 Å². The summed E-state index contributed by atoms with van der Waals surface area (Å²) in [5, 5.41) is 32.7. The number of amides is 2. The molecular weight excluding hydrogens is 731 g/mol. The van der Waals surface area contributed by atoms with Crippen molar-refractivity contribution < 1.29 is 28.0 Å². The van der Waals surface area contributed by atoms with E-state index in [0.717, 1.165) is 27.7 Å². The summed E-state index contributed by atoms with van der Waals surface area (Å²) >= 11 is 1.57. The zero-order chi connectivity index (χ0) is 38.1. The van der Waals surface area contributed by atoms with Crippen molar-refractivity contribution in [1.82, 2.24) is 19.8 Å². The Morgan fingerprint density at radius 3 is 2.35 bits per heavy atom. The van der Waals surface area contributed by atoms with Gasteiger partial charge in [0.1, 0.15) is 11.4 Å². The van der Waals surface area contributed by atoms with Crippen LogP contribution in [0.25, 0.3) is 11.1 Å². The van der Waals surface area contributed by atoms with Gasteiger partial charge in [-0.1, -0.05) is 54.6 Å². The van der Waals surface area contributed by atoms with Crippen molar-refractivity contribution in [2.75, 3.05) is 48.7 Å². The SMILES string of the molecule is O=C(NS(=O)(=O)c1ccc(NCCSc2ccccc2)c([N+](=O)[O-])c1)c1ccc(N2CCN(C(=O)CCc3ccccc3-c3cccc(O)c3)CC2)nn1. The lowest BCUT2D eigenvalue weighted by molar-refractivity contribution is -0.384. The number of sulfonamides is 1. The van der Waals surface area contributed by atoms with Crippen LogP contribution in [0.15, 0.2) is 119 Å². The van der Waals surface area contributed by atoms with Gasteiger partial charge in [-0.25, -0.2) is 13.1 Å². The molecule has 2 amide bonds. The number of nitrogens with one attached hydrogen (secondary N) is 2. The fourth-order valence-electron chi connectivity index (χ4n) is 5.98. The highest BCUT2D eigenvalue weighted by molar-refractivity contribution is 7.99. The summed E-state index contributed by atoms with van der Waals surface area (Å²) in [4.78, 5) is 41.4. The second-order valence-electron chi connectivity index (χ2n) is 12.3. The molecule has 0 unspecified atom stereocenters. The Morgan fingerprint density at radius 2 is 1.63 bits per heavy atom. The lowest BCUT2D eigenvalue weighted by atomic mass is 9.96. The molecule has 16 heteroatoms. The Hall–Kier alpha value is -6.00. The molecule has 0 spiro atoms. The lowest BCUT2D eigenvalue weighted by Crippen LogP contribution is -2.49. The fourth-order valence-corrected chi connectivity index (χ4v) is 7.75. The molecule has 0 atom stereocenters. The number of carbonyl (C=O) groups is 2. The highest BCUT2D eigenvalue weighted by Gasteiger charge is 2.26. The smallest absolute Gasteiger partial charge is 0.293 e. The van der Waals surface area contributed by atoms with E-state index in [-0.39, 0.29) is 23.0 Å². The van der Waals surface area contributed by atoms with E-state index in [1.54, 1.807) is 40.9 Å². The molecule has 2 heterocycles. The van der Waals surface area contributed by atoms with Crippen molar-refractivity contribution in [3.05, 3.63) is 131 Å². The first-order valence-corrected chi connectivity index (χ1v) is 19.6. The first kappa shape index (κ1) is 37.7. The monoisotopic (exact) mass is 767 g/mol. The Morgan fingerprint density at radius 1 is 0.870 bits per heavy atom. The molecule has 1 aliphatic rings. The van der Waals surface area contributed by atoms with Gasteiger partial charge in [0, 0.05) is 55.9 Å². The fraction of sp³-hybridized carbons (Fsp3) is 0.211. The second-order valence-corrected chi connectivity index (χ2v) is 15.2. The number of nitro benzene ring substituents is 1. The van der Waals surface area contributed by atoms with Crippen molar-refractivity contribution >= 4 is 50.8 Å². The molecule has 54 heavy (non-hydrogen) atoms. The molecule has 3 N–H and O–H groups in total. The van der Waals surface area contributed by atoms with Crippen LogP contribution >= 0.6 is 11.8 Å². The van der Waals surface area contributed by atoms with Gasteiger partial charge in [-0.15, -0.1) is 22.0 Å². The Kier molecular flexibility index (Phi) is 12.0. The van der Waals surface area contributed by atoms with E-state index in [4.69, 9.17) is 0 Å². The number of nitrogens with zero attached hydrogens (tertiary/aromatic N) is 5. The third-order valence-electron chi connectivity index (χ3n) is 8.75. The van der Waals surface area contributed by atoms with Gasteiger partial charge in [-0.2, -0.15) is 0 Å². The lowest BCUT2D eigenvalue weighted by Gasteiger charge is -2.35. The van der Waals surface area contributed by atoms with E-state index in [1.165, 1.54) is 18.2 Å². The van der Waals surface area contributed by atoms with Crippen molar-refractivity contribution in [2.45, 2.75) is 22.6 Å². The van der Waals surface area contributed by atoms with Gasteiger partial charge in [0.15, 0.2) is 11.5 Å². The van der Waals surface area contributed by atoms with Gasteiger partial charge in [-0.3, -0.25) is 19.7 Å². The summed E-state index contributed by atoms with van der Waals surface area (Å²) in [6.07, 6.45) is 0.870. The normalized spacial score (nSPS) is 13.0. The average Bonchev–Trinajstić information content (AvgIpc) is 3.19. The average molecular weight is 768 g/mol. The first-order valence-electron chi connectivity index (χ1n) is 17.1. The van der Waals surface area contributed by atoms with Crippen LogP contribution in [0, 0.1) is 10.1 Å². The molecule has 0 saturated carbocycles. The number of nitro groups is 1. The number of hydrogen-bond acceptors (Lipinski definition) is 12. The van der Waals surface area contributed by atoms with Crippen molar-refractivity contribution in [3.8, 4) is 16.9 Å². The maximum absolute atomic E-state index is 13.1. The molecular formula is C38H37N7O7S2. The predicted molar refractivity (Wildman–Crippen MR) is 206 cm³/mol. The summed E-state index contributed by atoms with van der Waals surface area (Å²) in [7, 11) is -4.49. The van der Waals surface area contributed by atoms with E-state index in [0.29, 0.717) is 57.1 Å². The molecule has 1 fully saturated rings. The number of phenols is 1. The predicted octanol–water partition coefficient (Wildman–Crippen LogP) is 5.36. The van der Waals surface area contributed by atoms with Gasteiger partial charge in [0.05, 0.1) is 9.82 Å². The van der Waals surface area contributed by atoms with Crippen LogP contribution in [0.1, 0.15) is 22.5 Å². The number of aryl methyl sites for hydroxylation is 1. The number of aromatic hydroxyl groups is 1. The molecule has 1 saturated heterocycles. The van der Waals surface area contributed by atoms with E-state index >= 15 is 0 Å². The summed E-state index contributed by atoms with van der Waals surface area (Å²) in [6.45, 7) is 2.28. The van der Waals surface area contributed by atoms with Crippen LogP contribution in [-0.2, 0) is 21.2 Å². The number of piperazine rings is 1. The third kappa shape index (κ3) is 9.50. The van der Waals surface area contributed by atoms with E-state index in [1.807, 2.05) is 70.3 Å². The second kappa shape index (κ2) is 17.2. The largest absolute Gasteiger partial charge is 0.508 e. The van der Waals surface area contributed by atoms with E-state index < -0.39 is 31.4 Å². The Balaban J connectivity index is 0.996. The van der Waals surface area contributed by atoms with Gasteiger partial charge >= 0.3 is 0 Å². The van der Waals surface area contributed by atoms with Gasteiger partial charge in [0.2, 0.25) is 5.91 Å². The van der Waals surface area contributed by atoms with Crippen LogP contribution in [0.3, 0.4) is 0 Å². The Bertz CT molecular complexity index is 2230. The molecule has 1 aliphatic heterocycles. The van der Waals surface area contributed by atoms with Gasteiger partial charge in [-0.05, 0) is 71.6 Å². The van der Waals surface area contributed by atoms with E-state index in [9.17, 15) is 33.2 Å². The first-order chi connectivity index (χ1) is 26.1. The Labute approximate surface area is 316 Å². The molecule has 0 radical (unpaired) electrons. The van der Waals surface area contributed by atoms with Crippen molar-refractivity contribution in [3.63, 3.8) is 0 Å². The number of hydrogen-bond donors (Lipinski definition) is 3. The number of aromatic nitrogens is 2. The highest BCUT2D eigenvalue weighted by Crippen LogP contribution is 2.29. The highest BCUT2D eigenvalue weighted by atomic mass is 32.2. The number of benzene rings is 4. The van der Waals surface area contributed by atoms with E-state index in [2.05, 4.69) is 15.5 Å². The molecule has 0 aliphatic carbocycles. The van der Waals surface area contributed by atoms with Crippen molar-refractivity contribution in [1.29, 1.82) is 0 Å². The molecule has 14 nitrogen and oxygen atoms in total. The third-order valence-corrected chi connectivity index (χ3v) is 11.1. The quantitative estimate of drug-likeness (QED) is 0.0569. The minimum absolute atomic E-state index is 0.0221. The molecule has 5 aromatic rings. The van der Waals surface area contributed by atoms with Crippen LogP contribution in [-0.4, -0.2) is 83.8 Å². The zero-order valence-electron chi connectivity index (χ0n) is 29.0. The summed E-state index contributed by atoms with van der Waals surface area (Å²) < 4.78 is 28.0. The molecule has 278 valence electrons. The molecule has 1 aromatic heterocycles. The number of thioether (sulfide) groups is 1. The maximum Gasteiger partial charge on any atom is 0.293 e. The maximum atomic E-state index is 13.1. The molecule has 0 bridgehead atoms.